The topological polar surface area (TPSA) is 74.6 Å². The molecule has 0 aromatic carbocycles. The quantitative estimate of drug-likeness (QED) is 0.522. The fourth-order valence-corrected chi connectivity index (χ4v) is 1.66. The number of hydrogen-bond donors (Lipinski definition) is 2. The van der Waals surface area contributed by atoms with Crippen molar-refractivity contribution in [3.05, 3.63) is 12.2 Å². The first-order valence-electron chi connectivity index (χ1n) is 4.74. The standard InChI is InChI=1S/C10H14O4/c11-8(12)10(9(13)14)6-4-2-1-3-5-7-10/h4,6H,1-3,5,7H2,(H,11,12)(H,13,14)/b6-4-. The molecular weight excluding hydrogens is 184 g/mol. The molecule has 0 bridgehead atoms. The van der Waals surface area contributed by atoms with E-state index in [1.807, 2.05) is 0 Å². The van der Waals surface area contributed by atoms with Gasteiger partial charge in [-0.1, -0.05) is 25.0 Å². The van der Waals surface area contributed by atoms with Gasteiger partial charge in [0.05, 0.1) is 0 Å². The van der Waals surface area contributed by atoms with Gasteiger partial charge in [0, 0.05) is 0 Å². The molecule has 0 aliphatic heterocycles. The van der Waals surface area contributed by atoms with Gasteiger partial charge in [-0.3, -0.25) is 9.59 Å². The molecule has 1 rings (SSSR count). The molecule has 0 unspecified atom stereocenters. The minimum Gasteiger partial charge on any atom is -0.480 e. The molecule has 0 radical (unpaired) electrons. The van der Waals surface area contributed by atoms with E-state index >= 15 is 0 Å². The molecule has 0 atom stereocenters. The summed E-state index contributed by atoms with van der Waals surface area (Å²) in [5.41, 5.74) is -1.69. The zero-order chi connectivity index (χ0) is 10.6. The maximum atomic E-state index is 11.0. The molecule has 0 spiro atoms. The lowest BCUT2D eigenvalue weighted by molar-refractivity contribution is -0.161. The van der Waals surface area contributed by atoms with Crippen LogP contribution in [0.25, 0.3) is 0 Å². The number of rotatable bonds is 2. The predicted molar refractivity (Wildman–Crippen MR) is 49.9 cm³/mol. The Hall–Kier alpha value is -1.32. The smallest absolute Gasteiger partial charge is 0.324 e. The summed E-state index contributed by atoms with van der Waals surface area (Å²) < 4.78 is 0. The summed E-state index contributed by atoms with van der Waals surface area (Å²) in [7, 11) is 0. The van der Waals surface area contributed by atoms with E-state index in [1.165, 1.54) is 6.08 Å². The van der Waals surface area contributed by atoms with Crippen molar-refractivity contribution in [1.29, 1.82) is 0 Å². The molecule has 0 saturated carbocycles. The first-order valence-corrected chi connectivity index (χ1v) is 4.74. The van der Waals surface area contributed by atoms with Crippen LogP contribution in [0.5, 0.6) is 0 Å². The van der Waals surface area contributed by atoms with E-state index in [9.17, 15) is 9.59 Å². The fourth-order valence-electron chi connectivity index (χ4n) is 1.66. The van der Waals surface area contributed by atoms with Crippen LogP contribution in [-0.2, 0) is 9.59 Å². The van der Waals surface area contributed by atoms with Crippen LogP contribution >= 0.6 is 0 Å². The molecule has 0 heterocycles. The lowest BCUT2D eigenvalue weighted by atomic mass is 9.80. The van der Waals surface area contributed by atoms with Crippen LogP contribution in [0, 0.1) is 5.41 Å². The molecule has 0 amide bonds. The van der Waals surface area contributed by atoms with E-state index in [0.29, 0.717) is 6.42 Å². The van der Waals surface area contributed by atoms with Crippen molar-refractivity contribution in [3.63, 3.8) is 0 Å². The summed E-state index contributed by atoms with van der Waals surface area (Å²) in [4.78, 5) is 21.9. The number of carbonyl (C=O) groups is 2. The average Bonchev–Trinajstić information content (AvgIpc) is 2.02. The highest BCUT2D eigenvalue weighted by Crippen LogP contribution is 2.30. The molecule has 2 N–H and O–H groups in total. The SMILES string of the molecule is O=C(O)C1(C(=O)O)/C=C\CCCCC1. The molecular formula is C10H14O4. The third-order valence-corrected chi connectivity index (χ3v) is 2.61. The lowest BCUT2D eigenvalue weighted by Crippen LogP contribution is -2.37. The van der Waals surface area contributed by atoms with Crippen LogP contribution in [0.3, 0.4) is 0 Å². The largest absolute Gasteiger partial charge is 0.480 e. The molecule has 1 aliphatic rings. The van der Waals surface area contributed by atoms with Crippen molar-refractivity contribution in [3.8, 4) is 0 Å². The summed E-state index contributed by atoms with van der Waals surface area (Å²) in [6.45, 7) is 0. The van der Waals surface area contributed by atoms with Crippen LogP contribution in [-0.4, -0.2) is 22.2 Å². The number of hydrogen-bond acceptors (Lipinski definition) is 2. The summed E-state index contributed by atoms with van der Waals surface area (Å²) in [6, 6.07) is 0. The van der Waals surface area contributed by atoms with Gasteiger partial charge in [0.1, 0.15) is 0 Å². The molecule has 14 heavy (non-hydrogen) atoms. The third kappa shape index (κ3) is 1.95. The van der Waals surface area contributed by atoms with E-state index < -0.39 is 17.4 Å². The first-order chi connectivity index (χ1) is 6.59. The Kier molecular flexibility index (Phi) is 3.28. The lowest BCUT2D eigenvalue weighted by Gasteiger charge is -2.22. The second-order valence-corrected chi connectivity index (χ2v) is 3.58. The third-order valence-electron chi connectivity index (χ3n) is 2.61. The Bertz CT molecular complexity index is 253. The first kappa shape index (κ1) is 10.8. The van der Waals surface area contributed by atoms with Gasteiger partial charge in [-0.15, -0.1) is 0 Å². The molecule has 4 heteroatoms. The van der Waals surface area contributed by atoms with Gasteiger partial charge in [0.15, 0.2) is 5.41 Å². The summed E-state index contributed by atoms with van der Waals surface area (Å²) >= 11 is 0. The predicted octanol–water partition coefficient (Wildman–Crippen LogP) is 1.66. The Morgan fingerprint density at radius 3 is 2.29 bits per heavy atom. The van der Waals surface area contributed by atoms with Gasteiger partial charge in [0.25, 0.3) is 0 Å². The van der Waals surface area contributed by atoms with Gasteiger partial charge in [-0.2, -0.15) is 0 Å². The molecule has 0 aromatic rings. The number of allylic oxidation sites excluding steroid dienone is 1. The number of carboxylic acid groups (broad SMARTS) is 2. The van der Waals surface area contributed by atoms with Crippen molar-refractivity contribution < 1.29 is 19.8 Å². The monoisotopic (exact) mass is 198 g/mol. The van der Waals surface area contributed by atoms with Crippen LogP contribution in [0.1, 0.15) is 32.1 Å². The average molecular weight is 198 g/mol. The van der Waals surface area contributed by atoms with E-state index in [2.05, 4.69) is 0 Å². The summed E-state index contributed by atoms with van der Waals surface area (Å²) in [5.74, 6) is -2.52. The van der Waals surface area contributed by atoms with Crippen LogP contribution in [0.15, 0.2) is 12.2 Å². The number of aliphatic carboxylic acids is 2. The van der Waals surface area contributed by atoms with E-state index in [1.54, 1.807) is 6.08 Å². The van der Waals surface area contributed by atoms with E-state index in [0.717, 1.165) is 19.3 Å². The Morgan fingerprint density at radius 1 is 1.07 bits per heavy atom. The maximum absolute atomic E-state index is 11.0. The number of carboxylic acids is 2. The van der Waals surface area contributed by atoms with Gasteiger partial charge in [-0.05, 0) is 19.3 Å². The zero-order valence-electron chi connectivity index (χ0n) is 7.90. The highest BCUT2D eigenvalue weighted by Gasteiger charge is 2.43. The van der Waals surface area contributed by atoms with Crippen molar-refractivity contribution in [2.75, 3.05) is 0 Å². The van der Waals surface area contributed by atoms with Gasteiger partial charge in [0.2, 0.25) is 0 Å². The second kappa shape index (κ2) is 4.26. The van der Waals surface area contributed by atoms with Gasteiger partial charge < -0.3 is 10.2 Å². The Morgan fingerprint density at radius 2 is 1.71 bits per heavy atom. The van der Waals surface area contributed by atoms with Crippen LogP contribution < -0.4 is 0 Å². The molecule has 0 saturated heterocycles. The summed E-state index contributed by atoms with van der Waals surface area (Å²) in [6.07, 6.45) is 6.51. The highest BCUT2D eigenvalue weighted by molar-refractivity contribution is 6.00. The fraction of sp³-hybridized carbons (Fsp3) is 0.600. The van der Waals surface area contributed by atoms with Crippen molar-refractivity contribution in [1.82, 2.24) is 0 Å². The minimum absolute atomic E-state index is 0.189. The molecule has 0 fully saturated rings. The molecule has 4 nitrogen and oxygen atoms in total. The van der Waals surface area contributed by atoms with Crippen molar-refractivity contribution >= 4 is 11.9 Å². The highest BCUT2D eigenvalue weighted by atomic mass is 16.4. The zero-order valence-corrected chi connectivity index (χ0v) is 7.90. The molecule has 78 valence electrons. The van der Waals surface area contributed by atoms with E-state index in [-0.39, 0.29) is 6.42 Å². The van der Waals surface area contributed by atoms with Crippen molar-refractivity contribution in [2.45, 2.75) is 32.1 Å². The summed E-state index contributed by atoms with van der Waals surface area (Å²) in [5, 5.41) is 17.9. The van der Waals surface area contributed by atoms with Crippen LogP contribution in [0.4, 0.5) is 0 Å². The second-order valence-electron chi connectivity index (χ2n) is 3.58. The molecule has 1 aliphatic carbocycles. The Balaban J connectivity index is 2.98. The van der Waals surface area contributed by atoms with Crippen molar-refractivity contribution in [2.24, 2.45) is 5.41 Å². The van der Waals surface area contributed by atoms with Gasteiger partial charge in [-0.25, -0.2) is 0 Å². The minimum atomic E-state index is -1.69. The van der Waals surface area contributed by atoms with Gasteiger partial charge >= 0.3 is 11.9 Å². The molecule has 0 aromatic heterocycles. The Labute approximate surface area is 82.2 Å². The van der Waals surface area contributed by atoms with Crippen LogP contribution in [0.2, 0.25) is 0 Å². The normalized spacial score (nSPS) is 23.1. The van der Waals surface area contributed by atoms with E-state index in [4.69, 9.17) is 10.2 Å². The maximum Gasteiger partial charge on any atom is 0.324 e.